The molecule has 7 nitrogen and oxygen atoms in total. The number of anilines is 1. The van der Waals surface area contributed by atoms with Gasteiger partial charge in [0.2, 0.25) is 11.7 Å². The molecule has 0 bridgehead atoms. The van der Waals surface area contributed by atoms with Crippen LogP contribution in [-0.4, -0.2) is 46.1 Å². The van der Waals surface area contributed by atoms with Gasteiger partial charge in [-0.15, -0.1) is 0 Å². The minimum Gasteiger partial charge on any atom is -0.338 e. The first-order valence-corrected chi connectivity index (χ1v) is 11.0. The molecule has 1 saturated heterocycles. The maximum atomic E-state index is 13.9. The molecule has 32 heavy (non-hydrogen) atoms. The van der Waals surface area contributed by atoms with Crippen LogP contribution >= 0.6 is 11.6 Å². The van der Waals surface area contributed by atoms with E-state index in [0.29, 0.717) is 35.9 Å². The monoisotopic (exact) mass is 457 g/mol. The number of carbonyl (C=O) groups is 1. The Morgan fingerprint density at radius 1 is 1.31 bits per heavy atom. The van der Waals surface area contributed by atoms with Gasteiger partial charge in [0.15, 0.2) is 0 Å². The number of carbonyl (C=O) groups excluding carboxylic acids is 1. The van der Waals surface area contributed by atoms with Crippen LogP contribution in [0.3, 0.4) is 0 Å². The zero-order valence-corrected chi connectivity index (χ0v) is 18.3. The lowest BCUT2D eigenvalue weighted by atomic mass is 10.0. The van der Waals surface area contributed by atoms with Crippen molar-refractivity contribution in [2.75, 3.05) is 18.4 Å². The van der Waals surface area contributed by atoms with E-state index in [1.165, 1.54) is 6.07 Å². The van der Waals surface area contributed by atoms with Gasteiger partial charge in [-0.1, -0.05) is 47.1 Å². The molecule has 1 amide bonds. The van der Waals surface area contributed by atoms with Crippen molar-refractivity contribution in [3.05, 3.63) is 64.9 Å². The van der Waals surface area contributed by atoms with Crippen LogP contribution in [0.2, 0.25) is 5.02 Å². The van der Waals surface area contributed by atoms with Crippen LogP contribution in [0.4, 0.5) is 10.4 Å². The first kappa shape index (κ1) is 22.2. The molecule has 3 N–H and O–H groups in total. The van der Waals surface area contributed by atoms with Crippen molar-refractivity contribution in [3.63, 3.8) is 0 Å². The van der Waals surface area contributed by atoms with Gasteiger partial charge < -0.3 is 20.5 Å². The average Bonchev–Trinajstić information content (AvgIpc) is 3.43. The molecule has 1 aromatic heterocycles. The van der Waals surface area contributed by atoms with E-state index in [4.69, 9.17) is 21.9 Å². The number of nitrogens with zero attached hydrogens (tertiary/aromatic N) is 3. The number of likely N-dealkylation sites (tertiary alicyclic amines) is 1. The first-order chi connectivity index (χ1) is 15.5. The third-order valence-electron chi connectivity index (χ3n) is 5.57. The molecule has 3 aromatic rings. The molecule has 1 aliphatic rings. The normalized spacial score (nSPS) is 16.8. The van der Waals surface area contributed by atoms with Crippen molar-refractivity contribution in [1.29, 1.82) is 0 Å². The fourth-order valence-corrected chi connectivity index (χ4v) is 4.17. The fraction of sp³-hybridized carbons (Fsp3) is 0.348. The predicted molar refractivity (Wildman–Crippen MR) is 121 cm³/mol. The van der Waals surface area contributed by atoms with Crippen LogP contribution in [0, 0.1) is 5.82 Å². The molecule has 168 valence electrons. The number of halogens is 2. The Hall–Kier alpha value is -2.97. The van der Waals surface area contributed by atoms with Gasteiger partial charge in [0.25, 0.3) is 0 Å². The van der Waals surface area contributed by atoms with Crippen LogP contribution in [0.15, 0.2) is 53.1 Å². The Morgan fingerprint density at radius 2 is 2.16 bits per heavy atom. The van der Waals surface area contributed by atoms with Gasteiger partial charge in [-0.3, -0.25) is 4.79 Å². The molecular formula is C23H25ClFN5O2. The van der Waals surface area contributed by atoms with Crippen molar-refractivity contribution in [3.8, 4) is 11.4 Å². The largest absolute Gasteiger partial charge is 0.338 e. The predicted octanol–water partition coefficient (Wildman–Crippen LogP) is 3.89. The number of aromatic nitrogens is 2. The number of rotatable bonds is 8. The summed E-state index contributed by atoms with van der Waals surface area (Å²) in [4.78, 5) is 19.0. The maximum Gasteiger partial charge on any atom is 0.321 e. The summed E-state index contributed by atoms with van der Waals surface area (Å²) in [5.74, 6) is 0.118. The highest BCUT2D eigenvalue weighted by atomic mass is 35.5. The molecule has 2 aromatic carbocycles. The molecule has 0 aliphatic carbocycles. The van der Waals surface area contributed by atoms with Crippen molar-refractivity contribution in [2.45, 2.75) is 37.8 Å². The summed E-state index contributed by atoms with van der Waals surface area (Å²) >= 11 is 6.02. The second-order valence-corrected chi connectivity index (χ2v) is 8.39. The molecule has 2 heterocycles. The van der Waals surface area contributed by atoms with E-state index in [0.717, 1.165) is 18.4 Å². The zero-order valence-electron chi connectivity index (χ0n) is 17.5. The highest BCUT2D eigenvalue weighted by Gasteiger charge is 2.29. The van der Waals surface area contributed by atoms with Gasteiger partial charge in [0, 0.05) is 42.2 Å². The van der Waals surface area contributed by atoms with E-state index in [1.807, 2.05) is 17.0 Å². The number of amides is 1. The minimum atomic E-state index is -0.440. The highest BCUT2D eigenvalue weighted by Crippen LogP contribution is 2.23. The summed E-state index contributed by atoms with van der Waals surface area (Å²) in [6.45, 7) is 1.17. The second-order valence-electron chi connectivity index (χ2n) is 7.96. The summed E-state index contributed by atoms with van der Waals surface area (Å²) in [7, 11) is 0. The molecule has 0 spiro atoms. The fourth-order valence-electron chi connectivity index (χ4n) is 3.98. The smallest absolute Gasteiger partial charge is 0.321 e. The summed E-state index contributed by atoms with van der Waals surface area (Å²) < 4.78 is 19.1. The van der Waals surface area contributed by atoms with Gasteiger partial charge in [0.1, 0.15) is 5.82 Å². The summed E-state index contributed by atoms with van der Waals surface area (Å²) in [6.07, 6.45) is 2.28. The van der Waals surface area contributed by atoms with Crippen LogP contribution in [0.25, 0.3) is 11.4 Å². The number of hydrogen-bond donors (Lipinski definition) is 2. The van der Waals surface area contributed by atoms with Gasteiger partial charge >= 0.3 is 6.01 Å². The maximum absolute atomic E-state index is 13.9. The van der Waals surface area contributed by atoms with Crippen molar-refractivity contribution in [2.24, 2.45) is 5.73 Å². The molecule has 1 fully saturated rings. The summed E-state index contributed by atoms with van der Waals surface area (Å²) in [6, 6.07) is 13.6. The topological polar surface area (TPSA) is 97.3 Å². The van der Waals surface area contributed by atoms with Crippen LogP contribution < -0.4 is 11.1 Å². The van der Waals surface area contributed by atoms with E-state index in [9.17, 15) is 9.18 Å². The molecule has 9 heteroatoms. The Bertz CT molecular complexity index is 1080. The molecule has 1 aliphatic heterocycles. The zero-order chi connectivity index (χ0) is 22.5. The summed E-state index contributed by atoms with van der Waals surface area (Å²) in [5.41, 5.74) is 7.44. The molecule has 0 saturated carbocycles. The van der Waals surface area contributed by atoms with E-state index in [-0.39, 0.29) is 30.2 Å². The summed E-state index contributed by atoms with van der Waals surface area (Å²) in [5, 5.41) is 7.70. The van der Waals surface area contributed by atoms with Crippen molar-refractivity contribution in [1.82, 2.24) is 15.0 Å². The SMILES string of the molecule is N[C@@H](CC(=O)N1CCC[C@H]1CNc1nc(-c2cccc(Cl)c2)no1)Cc1ccccc1F. The molecule has 4 rings (SSSR count). The number of hydrogen-bond acceptors (Lipinski definition) is 6. The van der Waals surface area contributed by atoms with Gasteiger partial charge in [-0.25, -0.2) is 4.39 Å². The van der Waals surface area contributed by atoms with Crippen molar-refractivity contribution < 1.29 is 13.7 Å². The van der Waals surface area contributed by atoms with E-state index in [2.05, 4.69) is 15.5 Å². The lowest BCUT2D eigenvalue weighted by Crippen LogP contribution is -2.42. The third-order valence-corrected chi connectivity index (χ3v) is 5.81. The Labute approximate surface area is 190 Å². The van der Waals surface area contributed by atoms with Gasteiger partial charge in [0.05, 0.1) is 0 Å². The minimum absolute atomic E-state index is 0.00433. The second kappa shape index (κ2) is 10.1. The number of nitrogens with one attached hydrogen (secondary N) is 1. The molecule has 0 unspecified atom stereocenters. The first-order valence-electron chi connectivity index (χ1n) is 10.6. The van der Waals surface area contributed by atoms with E-state index < -0.39 is 6.04 Å². The number of nitrogens with two attached hydrogens (primary N) is 1. The van der Waals surface area contributed by atoms with Crippen molar-refractivity contribution >= 4 is 23.5 Å². The Morgan fingerprint density at radius 3 is 2.97 bits per heavy atom. The van der Waals surface area contributed by atoms with E-state index in [1.54, 1.807) is 30.3 Å². The van der Waals surface area contributed by atoms with E-state index >= 15 is 0 Å². The Kier molecular flexibility index (Phi) is 7.02. The number of benzene rings is 2. The highest BCUT2D eigenvalue weighted by molar-refractivity contribution is 6.30. The third kappa shape index (κ3) is 5.44. The molecule has 0 radical (unpaired) electrons. The molecule has 2 atom stereocenters. The van der Waals surface area contributed by atoms with Gasteiger partial charge in [-0.05, 0) is 43.0 Å². The van der Waals surface area contributed by atoms with Crippen LogP contribution in [-0.2, 0) is 11.2 Å². The lowest BCUT2D eigenvalue weighted by molar-refractivity contribution is -0.132. The van der Waals surface area contributed by atoms with Gasteiger partial charge in [-0.2, -0.15) is 4.98 Å². The quantitative estimate of drug-likeness (QED) is 0.532. The van der Waals surface area contributed by atoms with Crippen LogP contribution in [0.1, 0.15) is 24.8 Å². The standard InChI is InChI=1S/C23H25ClFN5O2/c24-17-7-3-6-16(11-17)22-28-23(32-29-22)27-14-19-8-4-10-30(19)21(31)13-18(26)12-15-5-1-2-9-20(15)25/h1-3,5-7,9,11,18-19H,4,8,10,12-14,26H2,(H,27,28,29)/t18-,19+/m1/s1. The van der Waals surface area contributed by atoms with Crippen LogP contribution in [0.5, 0.6) is 0 Å². The molecular weight excluding hydrogens is 433 g/mol. The lowest BCUT2D eigenvalue weighted by Gasteiger charge is -2.26. The Balaban J connectivity index is 1.31. The average molecular weight is 458 g/mol.